The fraction of sp³-hybridized carbons (Fsp3) is 0.600. The first-order valence-electron chi connectivity index (χ1n) is 7.12. The van der Waals surface area contributed by atoms with Crippen molar-refractivity contribution in [3.8, 4) is 0 Å². The Morgan fingerprint density at radius 1 is 1.24 bits per heavy atom. The molecule has 1 rings (SSSR count). The Labute approximate surface area is 127 Å². The Kier molecular flexibility index (Phi) is 5.90. The second-order valence-electron chi connectivity index (χ2n) is 5.98. The summed E-state index contributed by atoms with van der Waals surface area (Å²) in [4.78, 5) is 0.108. The number of nitrogens with zero attached hydrogens (tertiary/aromatic N) is 1. The molecule has 0 atom stereocenters. The smallest absolute Gasteiger partial charge is 0.243 e. The second kappa shape index (κ2) is 6.85. The van der Waals surface area contributed by atoms with Crippen LogP contribution in [0.1, 0.15) is 38.8 Å². The highest BCUT2D eigenvalue weighted by atomic mass is 32.2. The largest absolute Gasteiger partial charge is 0.326 e. The molecule has 6 heteroatoms. The second-order valence-corrected chi connectivity index (χ2v) is 7.87. The van der Waals surface area contributed by atoms with Crippen molar-refractivity contribution >= 4 is 10.0 Å². The fourth-order valence-corrected chi connectivity index (χ4v) is 4.12. The number of rotatable bonds is 6. The highest BCUT2D eigenvalue weighted by Gasteiger charge is 2.28. The van der Waals surface area contributed by atoms with Gasteiger partial charge >= 0.3 is 0 Å². The average molecular weight is 316 g/mol. The molecule has 0 aliphatic rings. The summed E-state index contributed by atoms with van der Waals surface area (Å²) in [6.45, 7) is 9.55. The number of aryl methyl sites for hydroxylation is 1. The van der Waals surface area contributed by atoms with Gasteiger partial charge in [-0.25, -0.2) is 12.8 Å². The molecule has 1 aromatic rings. The number of halogens is 1. The van der Waals surface area contributed by atoms with Gasteiger partial charge in [-0.3, -0.25) is 0 Å². The van der Waals surface area contributed by atoms with Crippen LogP contribution in [0.15, 0.2) is 17.0 Å². The van der Waals surface area contributed by atoms with Crippen LogP contribution in [0.3, 0.4) is 0 Å². The van der Waals surface area contributed by atoms with Crippen LogP contribution in [0.25, 0.3) is 0 Å². The first-order chi connectivity index (χ1) is 9.61. The molecule has 21 heavy (non-hydrogen) atoms. The molecule has 0 heterocycles. The zero-order valence-corrected chi connectivity index (χ0v) is 14.2. The molecule has 0 amide bonds. The normalized spacial score (nSPS) is 12.7. The highest BCUT2D eigenvalue weighted by Crippen LogP contribution is 2.24. The van der Waals surface area contributed by atoms with E-state index in [-0.39, 0.29) is 29.0 Å². The van der Waals surface area contributed by atoms with Crippen molar-refractivity contribution in [3.05, 3.63) is 29.1 Å². The molecule has 0 aromatic heterocycles. The molecule has 0 radical (unpaired) electrons. The molecule has 0 saturated heterocycles. The Morgan fingerprint density at radius 2 is 1.81 bits per heavy atom. The van der Waals surface area contributed by atoms with Crippen molar-refractivity contribution in [3.63, 3.8) is 0 Å². The quantitative estimate of drug-likeness (QED) is 0.877. The van der Waals surface area contributed by atoms with E-state index in [1.165, 1.54) is 16.4 Å². The zero-order chi connectivity index (χ0) is 16.4. The third-order valence-corrected chi connectivity index (χ3v) is 5.27. The monoisotopic (exact) mass is 316 g/mol. The molecular weight excluding hydrogens is 291 g/mol. The van der Waals surface area contributed by atoms with Crippen molar-refractivity contribution in [2.45, 2.75) is 52.1 Å². The van der Waals surface area contributed by atoms with Crippen LogP contribution in [0, 0.1) is 18.7 Å². The molecule has 120 valence electrons. The molecule has 4 nitrogen and oxygen atoms in total. The molecule has 1 aromatic carbocycles. The van der Waals surface area contributed by atoms with Gasteiger partial charge in [0.2, 0.25) is 10.0 Å². The van der Waals surface area contributed by atoms with Crippen molar-refractivity contribution in [2.24, 2.45) is 11.7 Å². The van der Waals surface area contributed by atoms with E-state index in [1.54, 1.807) is 6.92 Å². The van der Waals surface area contributed by atoms with Crippen LogP contribution in [-0.4, -0.2) is 25.3 Å². The maximum atomic E-state index is 13.9. The van der Waals surface area contributed by atoms with Gasteiger partial charge in [0.05, 0.1) is 4.90 Å². The summed E-state index contributed by atoms with van der Waals surface area (Å²) in [7, 11) is -3.66. The minimum atomic E-state index is -3.66. The van der Waals surface area contributed by atoms with Crippen LogP contribution >= 0.6 is 0 Å². The fourth-order valence-electron chi connectivity index (χ4n) is 2.19. The summed E-state index contributed by atoms with van der Waals surface area (Å²) in [5.41, 5.74) is 6.02. The first kappa shape index (κ1) is 18.1. The van der Waals surface area contributed by atoms with Crippen molar-refractivity contribution in [2.75, 3.05) is 6.54 Å². The third kappa shape index (κ3) is 4.02. The minimum absolute atomic E-state index is 0.0259. The lowest BCUT2D eigenvalue weighted by Crippen LogP contribution is -2.39. The molecule has 0 aliphatic carbocycles. The molecule has 0 aliphatic heterocycles. The molecule has 0 bridgehead atoms. The van der Waals surface area contributed by atoms with Crippen molar-refractivity contribution in [1.82, 2.24) is 4.31 Å². The molecular formula is C15H25FN2O2S. The van der Waals surface area contributed by atoms with Crippen molar-refractivity contribution in [1.29, 1.82) is 0 Å². The van der Waals surface area contributed by atoms with Crippen molar-refractivity contribution < 1.29 is 12.8 Å². The number of hydrogen-bond donors (Lipinski definition) is 1. The lowest BCUT2D eigenvalue weighted by atomic mass is 10.1. The SMILES string of the molecule is Cc1cc(S(=O)(=O)N(CC(C)C)C(C)C)cc(CN)c1F. The van der Waals surface area contributed by atoms with Crippen LogP contribution < -0.4 is 5.73 Å². The predicted molar refractivity (Wildman–Crippen MR) is 82.9 cm³/mol. The molecule has 0 fully saturated rings. The zero-order valence-electron chi connectivity index (χ0n) is 13.4. The maximum Gasteiger partial charge on any atom is 0.243 e. The van der Waals surface area contributed by atoms with Gasteiger partial charge < -0.3 is 5.73 Å². The molecule has 0 unspecified atom stereocenters. The van der Waals surface area contributed by atoms with E-state index in [9.17, 15) is 12.8 Å². The van der Waals surface area contributed by atoms with Gasteiger partial charge in [0.25, 0.3) is 0 Å². The van der Waals surface area contributed by atoms with Gasteiger partial charge in [-0.15, -0.1) is 0 Å². The standard InChI is InChI=1S/C15H25FN2O2S/c1-10(2)9-18(11(3)4)21(19,20)14-6-12(5)15(16)13(7-14)8-17/h6-7,10-11H,8-9,17H2,1-5H3. The van der Waals surface area contributed by atoms with Crippen LogP contribution in [0.2, 0.25) is 0 Å². The van der Waals surface area contributed by atoms with E-state index >= 15 is 0 Å². The number of benzene rings is 1. The van der Waals surface area contributed by atoms with E-state index in [0.717, 1.165) is 0 Å². The summed E-state index contributed by atoms with van der Waals surface area (Å²) in [5, 5.41) is 0. The Balaban J connectivity index is 3.38. The van der Waals surface area contributed by atoms with E-state index in [2.05, 4.69) is 0 Å². The number of hydrogen-bond acceptors (Lipinski definition) is 3. The Bertz CT molecular complexity index is 598. The molecule has 0 saturated carbocycles. The third-order valence-electron chi connectivity index (χ3n) is 3.25. The van der Waals surface area contributed by atoms with Crippen LogP contribution in [0.5, 0.6) is 0 Å². The summed E-state index contributed by atoms with van der Waals surface area (Å²) >= 11 is 0. The highest BCUT2D eigenvalue weighted by molar-refractivity contribution is 7.89. The lowest BCUT2D eigenvalue weighted by molar-refractivity contribution is 0.319. The molecule has 0 spiro atoms. The lowest BCUT2D eigenvalue weighted by Gasteiger charge is -2.28. The van der Waals surface area contributed by atoms with E-state index in [0.29, 0.717) is 12.1 Å². The molecule has 2 N–H and O–H groups in total. The summed E-state index contributed by atoms with van der Waals surface area (Å²) in [6.07, 6.45) is 0. The van der Waals surface area contributed by atoms with E-state index < -0.39 is 15.8 Å². The van der Waals surface area contributed by atoms with Gasteiger partial charge in [-0.2, -0.15) is 4.31 Å². The van der Waals surface area contributed by atoms with Gasteiger partial charge in [0, 0.05) is 24.7 Å². The van der Waals surface area contributed by atoms with Gasteiger partial charge in [0.15, 0.2) is 0 Å². The van der Waals surface area contributed by atoms with E-state index in [1.807, 2.05) is 27.7 Å². The summed E-state index contributed by atoms with van der Waals surface area (Å²) in [5.74, 6) is -0.228. The van der Waals surface area contributed by atoms with E-state index in [4.69, 9.17) is 5.73 Å². The average Bonchev–Trinajstić information content (AvgIpc) is 2.38. The Morgan fingerprint density at radius 3 is 2.24 bits per heavy atom. The number of sulfonamides is 1. The summed E-state index contributed by atoms with van der Waals surface area (Å²) in [6, 6.07) is 2.55. The van der Waals surface area contributed by atoms with Crippen LogP contribution in [-0.2, 0) is 16.6 Å². The number of nitrogens with two attached hydrogens (primary N) is 1. The van der Waals surface area contributed by atoms with Gasteiger partial charge in [0.1, 0.15) is 5.82 Å². The predicted octanol–water partition coefficient (Wildman–Crippen LogP) is 2.65. The first-order valence-corrected chi connectivity index (χ1v) is 8.56. The maximum absolute atomic E-state index is 13.9. The van der Waals surface area contributed by atoms with Gasteiger partial charge in [-0.1, -0.05) is 13.8 Å². The topological polar surface area (TPSA) is 63.4 Å². The minimum Gasteiger partial charge on any atom is -0.326 e. The van der Waals surface area contributed by atoms with Gasteiger partial charge in [-0.05, 0) is 44.4 Å². The summed E-state index contributed by atoms with van der Waals surface area (Å²) < 4.78 is 40.9. The Hall–Kier alpha value is -0.980. The van der Waals surface area contributed by atoms with Crippen LogP contribution in [0.4, 0.5) is 4.39 Å².